The fourth-order valence-corrected chi connectivity index (χ4v) is 10.9. The molecule has 0 radical (unpaired) electrons. The number of pyridine rings is 1. The van der Waals surface area contributed by atoms with Gasteiger partial charge in [-0.25, -0.2) is 13.5 Å². The number of para-hydroxylation sites is 3. The van der Waals surface area contributed by atoms with Crippen LogP contribution in [0.5, 0.6) is 0 Å². The number of allylic oxidation sites excluding steroid dienone is 1. The number of hydrogen-bond acceptors (Lipinski definition) is 1. The molecule has 51 heavy (non-hydrogen) atoms. The first-order valence-electron chi connectivity index (χ1n) is 17.8. The largest absolute Gasteiger partial charge is 0.455 e. The Morgan fingerprint density at radius 1 is 0.863 bits per heavy atom. The van der Waals surface area contributed by atoms with Crippen molar-refractivity contribution in [3.05, 3.63) is 162 Å². The quantitative estimate of drug-likeness (QED) is 0.104. The molecule has 11 rings (SSSR count). The summed E-state index contributed by atoms with van der Waals surface area (Å²) < 4.78 is 31.1. The average Bonchev–Trinajstić information content (AvgIpc) is 3.78. The smallest absolute Gasteiger partial charge is 0.295 e. The Labute approximate surface area is 296 Å². The molecular weight excluding hydrogens is 646 g/mol. The number of hydrogen-bond donors (Lipinski definition) is 0. The molecule has 1 aliphatic carbocycles. The fraction of sp³-hybridized carbons (Fsp3) is 0.156. The van der Waals surface area contributed by atoms with E-state index in [1.54, 1.807) is 0 Å². The third-order valence-corrected chi connectivity index (χ3v) is 14.0. The van der Waals surface area contributed by atoms with Crippen molar-refractivity contribution in [1.29, 1.82) is 0 Å². The number of halogens is 1. The van der Waals surface area contributed by atoms with Crippen LogP contribution in [-0.4, -0.2) is 12.6 Å². The van der Waals surface area contributed by atoms with E-state index in [2.05, 4.69) is 131 Å². The number of benzene rings is 5. The predicted octanol–water partition coefficient (Wildman–Crippen LogP) is 9.15. The van der Waals surface area contributed by atoms with Gasteiger partial charge in [-0.1, -0.05) is 111 Å². The van der Waals surface area contributed by atoms with Gasteiger partial charge in [0.1, 0.15) is 29.4 Å². The highest BCUT2D eigenvalue weighted by Crippen LogP contribution is 2.70. The summed E-state index contributed by atoms with van der Waals surface area (Å²) in [6.07, 6.45) is 2.40. The van der Waals surface area contributed by atoms with Crippen LogP contribution in [0.25, 0.3) is 55.6 Å². The van der Waals surface area contributed by atoms with Gasteiger partial charge in [0.15, 0.2) is 34.4 Å². The van der Waals surface area contributed by atoms with E-state index in [-0.39, 0.29) is 17.8 Å². The number of imidazole rings is 1. The molecule has 1 fully saturated rings. The van der Waals surface area contributed by atoms with Crippen molar-refractivity contribution in [2.45, 2.75) is 43.7 Å². The summed E-state index contributed by atoms with van der Waals surface area (Å²) in [6, 6.07) is 42.4. The number of fused-ring (bicyclic) bond motifs is 18. The summed E-state index contributed by atoms with van der Waals surface area (Å²) in [5.74, 6) is 0.743. The van der Waals surface area contributed by atoms with Crippen molar-refractivity contribution in [3.8, 4) is 22.6 Å². The van der Waals surface area contributed by atoms with Crippen LogP contribution >= 0.6 is 0 Å². The highest BCUT2D eigenvalue weighted by molar-refractivity contribution is 6.88. The minimum absolute atomic E-state index is 0.00293. The van der Waals surface area contributed by atoms with Gasteiger partial charge in [0.25, 0.3) is 5.82 Å². The average molecular weight is 682 g/mol. The maximum Gasteiger partial charge on any atom is 0.295 e. The van der Waals surface area contributed by atoms with Crippen LogP contribution in [0.3, 0.4) is 0 Å². The van der Waals surface area contributed by atoms with E-state index in [1.807, 2.05) is 30.3 Å². The lowest BCUT2D eigenvalue weighted by Crippen LogP contribution is -2.66. The zero-order chi connectivity index (χ0) is 34.4. The first-order valence-corrected chi connectivity index (χ1v) is 21.3. The second-order valence-corrected chi connectivity index (χ2v) is 20.6. The second-order valence-electron chi connectivity index (χ2n) is 15.6. The van der Waals surface area contributed by atoms with Crippen molar-refractivity contribution in [1.82, 2.24) is 4.57 Å². The molecule has 0 amide bonds. The fourth-order valence-electron chi connectivity index (χ4n) is 9.78. The Kier molecular flexibility index (Phi) is 5.60. The van der Waals surface area contributed by atoms with Gasteiger partial charge in [0, 0.05) is 27.8 Å². The van der Waals surface area contributed by atoms with Crippen molar-refractivity contribution < 1.29 is 17.9 Å². The molecule has 0 bridgehead atoms. The minimum atomic E-state index is -1.63. The third-order valence-electron chi connectivity index (χ3n) is 12.0. The number of aromatic nitrogens is 3. The summed E-state index contributed by atoms with van der Waals surface area (Å²) in [6.45, 7) is 12.9. The molecule has 0 N–H and O–H groups in total. The Bertz CT molecular complexity index is 2830. The van der Waals surface area contributed by atoms with E-state index in [0.717, 1.165) is 38.9 Å². The Morgan fingerprint density at radius 2 is 1.61 bits per heavy atom. The highest BCUT2D eigenvalue weighted by atomic mass is 28.3. The zero-order valence-corrected chi connectivity index (χ0v) is 29.8. The highest BCUT2D eigenvalue weighted by Gasteiger charge is 2.75. The van der Waals surface area contributed by atoms with Crippen molar-refractivity contribution >= 4 is 46.2 Å². The molecule has 3 aliphatic rings. The van der Waals surface area contributed by atoms with Crippen LogP contribution in [0.2, 0.25) is 19.6 Å². The summed E-state index contributed by atoms with van der Waals surface area (Å²) in [5.41, 5.74) is 10.6. The molecule has 5 heterocycles. The van der Waals surface area contributed by atoms with E-state index in [1.165, 1.54) is 27.6 Å². The molecule has 3 aromatic heterocycles. The molecule has 1 spiro atoms. The molecule has 8 aromatic rings. The molecular formula is C45H36FN3OSi+2. The SMILES string of the molecule is C=C1C2C(c3ccccc3-c3ccc([Si](C)(C)C)c[n+]32)C12c1cc(F)c3c(oc4ccccc43)c1-c1n2c2ccccc2[n+]1Cc1ccccc1. The minimum Gasteiger partial charge on any atom is -0.455 e. The lowest BCUT2D eigenvalue weighted by Gasteiger charge is -2.52. The maximum atomic E-state index is 17.0. The van der Waals surface area contributed by atoms with Crippen LogP contribution in [-0.2, 0) is 12.1 Å². The van der Waals surface area contributed by atoms with Crippen LogP contribution < -0.4 is 14.3 Å². The van der Waals surface area contributed by atoms with E-state index < -0.39 is 13.6 Å². The van der Waals surface area contributed by atoms with Crippen LogP contribution in [0, 0.1) is 5.82 Å². The van der Waals surface area contributed by atoms with E-state index in [9.17, 15) is 0 Å². The van der Waals surface area contributed by atoms with Gasteiger partial charge in [0.05, 0.1) is 19.0 Å². The summed E-state index contributed by atoms with van der Waals surface area (Å²) in [5, 5.41) is 2.74. The van der Waals surface area contributed by atoms with E-state index in [0.29, 0.717) is 23.1 Å². The molecule has 1 saturated carbocycles. The molecule has 5 aromatic carbocycles. The summed E-state index contributed by atoms with van der Waals surface area (Å²) in [4.78, 5) is 0. The first kappa shape index (κ1) is 29.2. The van der Waals surface area contributed by atoms with Gasteiger partial charge in [-0.2, -0.15) is 4.57 Å². The van der Waals surface area contributed by atoms with Crippen LogP contribution in [0.1, 0.15) is 28.7 Å². The van der Waals surface area contributed by atoms with Gasteiger partial charge in [-0.05, 0) is 41.5 Å². The van der Waals surface area contributed by atoms with Crippen molar-refractivity contribution in [3.63, 3.8) is 0 Å². The van der Waals surface area contributed by atoms with Gasteiger partial charge in [0.2, 0.25) is 5.69 Å². The van der Waals surface area contributed by atoms with Gasteiger partial charge < -0.3 is 4.42 Å². The Balaban J connectivity index is 1.29. The van der Waals surface area contributed by atoms with Gasteiger partial charge in [-0.15, -0.1) is 0 Å². The lowest BCUT2D eigenvalue weighted by atomic mass is 9.52. The predicted molar refractivity (Wildman–Crippen MR) is 203 cm³/mol. The van der Waals surface area contributed by atoms with Gasteiger partial charge >= 0.3 is 0 Å². The maximum absolute atomic E-state index is 17.0. The molecule has 6 heteroatoms. The standard InChI is InChI=1S/C45H36FN3OSi/c1-27-42-41(31-17-9-8-16-30(31)35-23-22-29(26-47(35)42)51(2,3)4)45(27)33-24-34(46)39-32-18-10-13-21-38(32)50-43(39)40(33)44-48(25-28-14-6-5-7-15-28)36-19-11-12-20-37(36)49(44)45/h5-24,26,41-42H,1,25H2,2-4H3/q+2. The normalized spacial score (nSPS) is 20.0. The Morgan fingerprint density at radius 3 is 2.45 bits per heavy atom. The van der Waals surface area contributed by atoms with Crippen LogP contribution in [0.15, 0.2) is 144 Å². The number of furan rings is 1. The number of nitrogens with zero attached hydrogens (tertiary/aromatic N) is 3. The molecule has 4 nitrogen and oxygen atoms in total. The summed E-state index contributed by atoms with van der Waals surface area (Å²) >= 11 is 0. The topological polar surface area (TPSA) is 25.8 Å². The zero-order valence-electron chi connectivity index (χ0n) is 28.8. The Hall–Kier alpha value is -5.59. The molecule has 0 saturated heterocycles. The molecule has 3 atom stereocenters. The van der Waals surface area contributed by atoms with E-state index >= 15 is 4.39 Å². The van der Waals surface area contributed by atoms with Crippen LogP contribution in [0.4, 0.5) is 4.39 Å². The van der Waals surface area contributed by atoms with Gasteiger partial charge in [-0.3, -0.25) is 0 Å². The van der Waals surface area contributed by atoms with E-state index in [4.69, 9.17) is 11.0 Å². The molecule has 3 unspecified atom stereocenters. The second kappa shape index (κ2) is 9.80. The van der Waals surface area contributed by atoms with Crippen molar-refractivity contribution in [2.24, 2.45) is 0 Å². The monoisotopic (exact) mass is 681 g/mol. The molecule has 246 valence electrons. The lowest BCUT2D eigenvalue weighted by molar-refractivity contribution is -0.719. The first-order chi connectivity index (χ1) is 24.8. The van der Waals surface area contributed by atoms with Crippen molar-refractivity contribution in [2.75, 3.05) is 0 Å². The number of rotatable bonds is 3. The summed E-state index contributed by atoms with van der Waals surface area (Å²) in [7, 11) is -1.63. The molecule has 2 aliphatic heterocycles. The third kappa shape index (κ3) is 3.53.